The Morgan fingerprint density at radius 3 is 2.66 bits per heavy atom. The first-order valence-electron chi connectivity index (χ1n) is 13.0. The largest absolute Gasteiger partial charge is 0.449 e. The SMILES string of the molecule is Cc1nn(C2CCN(C)CC2)cc1Nc1ncc(C(F)(F)F)c(NCCCN2CCC(C)(C)COC2=O)n1. The number of amides is 1. The second-order valence-electron chi connectivity index (χ2n) is 11.0. The second-order valence-corrected chi connectivity index (χ2v) is 11.0. The van der Waals surface area contributed by atoms with Crippen molar-refractivity contribution in [2.45, 2.75) is 58.7 Å². The van der Waals surface area contributed by atoms with E-state index in [1.807, 2.05) is 31.6 Å². The smallest absolute Gasteiger partial charge is 0.421 e. The zero-order valence-corrected chi connectivity index (χ0v) is 22.4. The van der Waals surface area contributed by atoms with Gasteiger partial charge in [0.25, 0.3) is 0 Å². The molecule has 0 radical (unpaired) electrons. The van der Waals surface area contributed by atoms with Gasteiger partial charge in [-0.05, 0) is 52.7 Å². The van der Waals surface area contributed by atoms with Crippen LogP contribution in [0.15, 0.2) is 12.4 Å². The van der Waals surface area contributed by atoms with E-state index in [9.17, 15) is 18.0 Å². The molecule has 0 aromatic carbocycles. The van der Waals surface area contributed by atoms with Gasteiger partial charge in [0.05, 0.1) is 24.0 Å². The number of aromatic nitrogens is 4. The Balaban J connectivity index is 1.40. The lowest BCUT2D eigenvalue weighted by Crippen LogP contribution is -2.32. The molecule has 4 heterocycles. The Hall–Kier alpha value is -3.09. The quantitative estimate of drug-likeness (QED) is 0.468. The summed E-state index contributed by atoms with van der Waals surface area (Å²) in [6.45, 7) is 9.34. The van der Waals surface area contributed by atoms with Crippen LogP contribution in [0.2, 0.25) is 0 Å². The molecule has 2 aliphatic heterocycles. The third kappa shape index (κ3) is 7.06. The lowest BCUT2D eigenvalue weighted by atomic mass is 9.91. The molecule has 2 fully saturated rings. The minimum absolute atomic E-state index is 0.0462. The summed E-state index contributed by atoms with van der Waals surface area (Å²) in [5.41, 5.74) is 0.320. The number of carbonyl (C=O) groups excluding carboxylic acids is 1. The van der Waals surface area contributed by atoms with Crippen LogP contribution >= 0.6 is 0 Å². The van der Waals surface area contributed by atoms with Crippen molar-refractivity contribution in [3.05, 3.63) is 23.7 Å². The van der Waals surface area contributed by atoms with E-state index in [-0.39, 0.29) is 29.8 Å². The van der Waals surface area contributed by atoms with Crippen molar-refractivity contribution in [3.63, 3.8) is 0 Å². The summed E-state index contributed by atoms with van der Waals surface area (Å²) in [5.74, 6) is -0.264. The number of ether oxygens (including phenoxy) is 1. The average Bonchev–Trinajstić information content (AvgIpc) is 3.15. The summed E-state index contributed by atoms with van der Waals surface area (Å²) in [7, 11) is 2.09. The molecule has 1 amide bonds. The molecule has 210 valence electrons. The number of nitrogens with one attached hydrogen (secondary N) is 2. The first-order chi connectivity index (χ1) is 17.9. The molecule has 0 atom stereocenters. The fourth-order valence-electron chi connectivity index (χ4n) is 4.58. The molecule has 0 saturated carbocycles. The van der Waals surface area contributed by atoms with Crippen LogP contribution < -0.4 is 10.6 Å². The zero-order chi connectivity index (χ0) is 27.5. The predicted molar refractivity (Wildman–Crippen MR) is 137 cm³/mol. The van der Waals surface area contributed by atoms with Gasteiger partial charge in [-0.25, -0.2) is 9.78 Å². The molecule has 2 aliphatic rings. The summed E-state index contributed by atoms with van der Waals surface area (Å²) in [6.07, 6.45) is 0.820. The van der Waals surface area contributed by atoms with Crippen LogP contribution in [-0.2, 0) is 10.9 Å². The first-order valence-corrected chi connectivity index (χ1v) is 13.0. The monoisotopic (exact) mass is 538 g/mol. The van der Waals surface area contributed by atoms with Gasteiger partial charge in [0.15, 0.2) is 0 Å². The van der Waals surface area contributed by atoms with Crippen molar-refractivity contribution in [2.24, 2.45) is 5.41 Å². The number of hydrogen-bond donors (Lipinski definition) is 2. The summed E-state index contributed by atoms with van der Waals surface area (Å²) in [6, 6.07) is 0.277. The number of piperidine rings is 1. The van der Waals surface area contributed by atoms with Crippen molar-refractivity contribution >= 4 is 23.5 Å². The van der Waals surface area contributed by atoms with Crippen LogP contribution in [0.5, 0.6) is 0 Å². The van der Waals surface area contributed by atoms with Gasteiger partial charge in [0, 0.05) is 37.4 Å². The maximum atomic E-state index is 13.7. The highest BCUT2D eigenvalue weighted by molar-refractivity contribution is 5.67. The summed E-state index contributed by atoms with van der Waals surface area (Å²) >= 11 is 0. The highest BCUT2D eigenvalue weighted by Crippen LogP contribution is 2.34. The van der Waals surface area contributed by atoms with E-state index in [4.69, 9.17) is 4.74 Å². The molecular weight excluding hydrogens is 501 g/mol. The molecule has 13 heteroatoms. The topological polar surface area (TPSA) is 100 Å². The van der Waals surface area contributed by atoms with Crippen molar-refractivity contribution in [2.75, 3.05) is 57.0 Å². The van der Waals surface area contributed by atoms with Gasteiger partial charge in [-0.3, -0.25) is 4.68 Å². The predicted octanol–water partition coefficient (Wildman–Crippen LogP) is 4.68. The molecular formula is C25H37F3N8O2. The number of carbonyl (C=O) groups is 1. The molecule has 38 heavy (non-hydrogen) atoms. The van der Waals surface area contributed by atoms with E-state index in [0.29, 0.717) is 31.8 Å². The molecule has 0 unspecified atom stereocenters. The Bertz CT molecular complexity index is 1110. The summed E-state index contributed by atoms with van der Waals surface area (Å²) in [5, 5.41) is 10.4. The van der Waals surface area contributed by atoms with Crippen molar-refractivity contribution in [1.82, 2.24) is 29.5 Å². The number of halogens is 3. The standard InChI is InChI=1S/C25H37F3N8O2/c1-17-20(15-36(33-17)18-6-11-34(4)12-7-18)31-22-30-14-19(25(26,27)28)21(32-22)29-9-5-10-35-13-8-24(2,3)16-38-23(35)37/h14-15,18H,5-13,16H2,1-4H3,(H2,29,30,31,32). The first kappa shape index (κ1) is 27.9. The average molecular weight is 539 g/mol. The van der Waals surface area contributed by atoms with Crippen LogP contribution in [0, 0.1) is 12.3 Å². The number of rotatable bonds is 8. The molecule has 0 aliphatic carbocycles. The fourth-order valence-corrected chi connectivity index (χ4v) is 4.58. The number of nitrogens with zero attached hydrogens (tertiary/aromatic N) is 6. The molecule has 2 N–H and O–H groups in total. The molecule has 4 rings (SSSR count). The van der Waals surface area contributed by atoms with Crippen molar-refractivity contribution < 1.29 is 22.7 Å². The number of aryl methyl sites for hydroxylation is 1. The van der Waals surface area contributed by atoms with Gasteiger partial charge in [0.1, 0.15) is 11.4 Å². The van der Waals surface area contributed by atoms with Crippen molar-refractivity contribution in [3.8, 4) is 0 Å². The van der Waals surface area contributed by atoms with Crippen LogP contribution in [0.1, 0.15) is 56.8 Å². The van der Waals surface area contributed by atoms with Gasteiger partial charge in [-0.2, -0.15) is 23.3 Å². The normalized spacial score (nSPS) is 19.2. The number of likely N-dealkylation sites (tertiary alicyclic amines) is 1. The Morgan fingerprint density at radius 2 is 1.95 bits per heavy atom. The highest BCUT2D eigenvalue weighted by Gasteiger charge is 2.35. The fraction of sp³-hybridized carbons (Fsp3) is 0.680. The Morgan fingerprint density at radius 1 is 1.21 bits per heavy atom. The molecule has 2 saturated heterocycles. The second kappa shape index (κ2) is 11.3. The van der Waals surface area contributed by atoms with Gasteiger partial charge >= 0.3 is 12.3 Å². The van der Waals surface area contributed by atoms with Gasteiger partial charge < -0.3 is 25.2 Å². The minimum Gasteiger partial charge on any atom is -0.449 e. The van der Waals surface area contributed by atoms with E-state index in [1.165, 1.54) is 0 Å². The summed E-state index contributed by atoms with van der Waals surface area (Å²) in [4.78, 5) is 24.1. The number of cyclic esters (lactones) is 1. The van der Waals surface area contributed by atoms with E-state index >= 15 is 0 Å². The maximum absolute atomic E-state index is 13.7. The molecule has 2 aromatic rings. The highest BCUT2D eigenvalue weighted by atomic mass is 19.4. The number of hydrogen-bond acceptors (Lipinski definition) is 8. The Labute approximate surface area is 220 Å². The van der Waals surface area contributed by atoms with E-state index < -0.39 is 17.8 Å². The number of anilines is 3. The maximum Gasteiger partial charge on any atom is 0.421 e. The summed E-state index contributed by atoms with van der Waals surface area (Å²) < 4.78 is 48.2. The lowest BCUT2D eigenvalue weighted by Gasteiger charge is -2.28. The third-order valence-electron chi connectivity index (χ3n) is 7.12. The van der Waals surface area contributed by atoms with Gasteiger partial charge in [0.2, 0.25) is 5.95 Å². The van der Waals surface area contributed by atoms with E-state index in [1.54, 1.807) is 4.90 Å². The molecule has 0 spiro atoms. The van der Waals surface area contributed by atoms with Crippen LogP contribution in [0.4, 0.5) is 35.4 Å². The van der Waals surface area contributed by atoms with Gasteiger partial charge in [-0.15, -0.1) is 0 Å². The third-order valence-corrected chi connectivity index (χ3v) is 7.12. The van der Waals surface area contributed by atoms with E-state index in [2.05, 4.69) is 37.6 Å². The minimum atomic E-state index is -4.62. The number of alkyl halides is 3. The van der Waals surface area contributed by atoms with Crippen LogP contribution in [0.25, 0.3) is 0 Å². The molecule has 10 nitrogen and oxygen atoms in total. The van der Waals surface area contributed by atoms with Crippen molar-refractivity contribution in [1.29, 1.82) is 0 Å². The van der Waals surface area contributed by atoms with E-state index in [0.717, 1.165) is 44.2 Å². The van der Waals surface area contributed by atoms with Gasteiger partial charge in [-0.1, -0.05) is 13.8 Å². The lowest BCUT2D eigenvalue weighted by molar-refractivity contribution is -0.137. The molecule has 2 aromatic heterocycles. The Kier molecular flexibility index (Phi) is 8.34. The van der Waals surface area contributed by atoms with Crippen LogP contribution in [0.3, 0.4) is 0 Å². The zero-order valence-electron chi connectivity index (χ0n) is 22.4. The molecule has 0 bridgehead atoms. The van der Waals surface area contributed by atoms with Crippen LogP contribution in [-0.4, -0.2) is 82.0 Å².